The number of aliphatic hydroxyl groups excluding tert-OH is 1. The average molecular weight is 623 g/mol. The van der Waals surface area contributed by atoms with E-state index in [1.807, 2.05) is 5.32 Å². The normalized spacial score (nSPS) is 17.7. The van der Waals surface area contributed by atoms with Crippen LogP contribution in [0.25, 0.3) is 0 Å². The second kappa shape index (κ2) is 11.0. The highest BCUT2D eigenvalue weighted by Gasteiger charge is 2.71. The summed E-state index contributed by atoms with van der Waals surface area (Å²) in [7, 11) is -4.63. The number of rotatable bonds is 7. The number of hydrogen-bond acceptors (Lipinski definition) is 5. The van der Waals surface area contributed by atoms with Gasteiger partial charge in [0.2, 0.25) is 5.91 Å². The molecule has 0 radical (unpaired) electrons. The first-order valence-corrected chi connectivity index (χ1v) is 13.2. The lowest BCUT2D eigenvalue weighted by atomic mass is 9.87. The van der Waals surface area contributed by atoms with Crippen molar-refractivity contribution in [1.29, 1.82) is 0 Å². The summed E-state index contributed by atoms with van der Waals surface area (Å²) in [6.07, 6.45) is -21.8. The molecule has 2 unspecified atom stereocenters. The molecular formula is C24H23F9N2O5S. The molecule has 0 bridgehead atoms. The van der Waals surface area contributed by atoms with Gasteiger partial charge >= 0.3 is 18.5 Å². The van der Waals surface area contributed by atoms with Gasteiger partial charge in [0.05, 0.1) is 23.2 Å². The molecule has 2 aromatic carbocycles. The lowest BCUT2D eigenvalue weighted by Gasteiger charge is -2.39. The summed E-state index contributed by atoms with van der Waals surface area (Å²) < 4.78 is 146. The minimum atomic E-state index is -6.19. The number of anilines is 1. The largest absolute Gasteiger partial charge is 0.430 e. The first kappa shape index (κ1) is 32.5. The Labute approximate surface area is 227 Å². The molecule has 0 aromatic heterocycles. The van der Waals surface area contributed by atoms with Gasteiger partial charge in [-0.3, -0.25) is 9.10 Å². The number of sulfonamides is 1. The number of carbonyl (C=O) groups excluding carboxylic acids is 1. The van der Waals surface area contributed by atoms with Crippen LogP contribution in [0.1, 0.15) is 29.5 Å². The van der Waals surface area contributed by atoms with Crippen LogP contribution in [0.4, 0.5) is 45.2 Å². The Morgan fingerprint density at radius 3 is 2.07 bits per heavy atom. The zero-order valence-corrected chi connectivity index (χ0v) is 21.7. The van der Waals surface area contributed by atoms with Crippen molar-refractivity contribution in [3.63, 3.8) is 0 Å². The maximum absolute atomic E-state index is 13.6. The number of amides is 1. The summed E-state index contributed by atoms with van der Waals surface area (Å²) in [6.45, 7) is 0.395. The number of nitrogens with zero attached hydrogens (tertiary/aromatic N) is 1. The maximum atomic E-state index is 13.6. The highest BCUT2D eigenvalue weighted by Crippen LogP contribution is 2.51. The van der Waals surface area contributed by atoms with Crippen molar-refractivity contribution in [3.8, 4) is 0 Å². The van der Waals surface area contributed by atoms with Crippen LogP contribution in [0, 0.1) is 6.92 Å². The van der Waals surface area contributed by atoms with E-state index in [1.54, 1.807) is 6.92 Å². The number of nitrogens with one attached hydrogen (secondary N) is 1. The monoisotopic (exact) mass is 622 g/mol. The molecule has 1 heterocycles. The SMILES string of the molecule is Cc1ccc(S(=O)(=O)N2c3ccc(C(O)(C(F)(F)F)C(F)(F)F)cc3CCC2CC(=O)NCC(O)C(F)(F)F)cc1. The highest BCUT2D eigenvalue weighted by molar-refractivity contribution is 7.92. The molecule has 0 aliphatic carbocycles. The van der Waals surface area contributed by atoms with E-state index in [0.29, 0.717) is 22.0 Å². The number of carbonyl (C=O) groups is 1. The number of fused-ring (bicyclic) bond motifs is 1. The van der Waals surface area contributed by atoms with E-state index in [0.717, 1.165) is 0 Å². The summed E-state index contributed by atoms with van der Waals surface area (Å²) in [6, 6.07) is 5.13. The molecule has 0 saturated heterocycles. The van der Waals surface area contributed by atoms with Gasteiger partial charge in [-0.05, 0) is 43.5 Å². The van der Waals surface area contributed by atoms with Crippen LogP contribution >= 0.6 is 0 Å². The Bertz CT molecular complexity index is 1360. The Morgan fingerprint density at radius 1 is 1.00 bits per heavy atom. The van der Waals surface area contributed by atoms with Crippen molar-refractivity contribution in [2.75, 3.05) is 10.8 Å². The molecule has 7 nitrogen and oxygen atoms in total. The van der Waals surface area contributed by atoms with Crippen LogP contribution in [0.3, 0.4) is 0 Å². The molecular weight excluding hydrogens is 599 g/mol. The predicted molar refractivity (Wildman–Crippen MR) is 125 cm³/mol. The first-order valence-electron chi connectivity index (χ1n) is 11.7. The van der Waals surface area contributed by atoms with Crippen molar-refractivity contribution in [3.05, 3.63) is 59.2 Å². The van der Waals surface area contributed by atoms with Gasteiger partial charge in [0.15, 0.2) is 6.10 Å². The lowest BCUT2D eigenvalue weighted by molar-refractivity contribution is -0.376. The van der Waals surface area contributed by atoms with Crippen molar-refractivity contribution < 1.29 is 62.9 Å². The summed E-state index contributed by atoms with van der Waals surface area (Å²) in [5.41, 5.74) is -6.95. The number of hydrogen-bond donors (Lipinski definition) is 3. The van der Waals surface area contributed by atoms with E-state index in [2.05, 4.69) is 0 Å². The van der Waals surface area contributed by atoms with Crippen molar-refractivity contribution in [2.45, 2.75) is 67.4 Å². The standard InChI is InChI=1S/C24H23F9N2O5S/c1-13-2-7-17(8-3-13)41(39,40)35-16(11-20(37)34-12-19(36)22(25,26)27)6-4-14-10-15(5-9-18(14)35)21(38,23(28,29)30)24(31,32)33/h2-3,5,7-10,16,19,36,38H,4,6,11-12H2,1H3,(H,34,37). The number of aryl methyl sites for hydroxylation is 2. The number of benzene rings is 2. The van der Waals surface area contributed by atoms with Crippen LogP contribution in [0.5, 0.6) is 0 Å². The van der Waals surface area contributed by atoms with Crippen LogP contribution in [0.2, 0.25) is 0 Å². The summed E-state index contributed by atoms with van der Waals surface area (Å²) in [4.78, 5) is 12.1. The molecule has 1 amide bonds. The third-order valence-corrected chi connectivity index (χ3v) is 8.38. The average Bonchev–Trinajstić information content (AvgIpc) is 2.84. The second-order valence-electron chi connectivity index (χ2n) is 9.42. The highest BCUT2D eigenvalue weighted by atomic mass is 32.2. The first-order chi connectivity index (χ1) is 18.6. The Kier molecular flexibility index (Phi) is 8.69. The zero-order chi connectivity index (χ0) is 31.2. The molecule has 2 aromatic rings. The van der Waals surface area contributed by atoms with Crippen molar-refractivity contribution >= 4 is 21.6 Å². The fraction of sp³-hybridized carbons (Fsp3) is 0.458. The number of halogens is 9. The molecule has 0 fully saturated rings. The van der Waals surface area contributed by atoms with E-state index in [9.17, 15) is 57.8 Å². The Balaban J connectivity index is 2.07. The molecule has 0 saturated carbocycles. The Hall–Kier alpha value is -3.05. The third kappa shape index (κ3) is 6.40. The number of aliphatic hydroxyl groups is 2. The summed E-state index contributed by atoms with van der Waals surface area (Å²) in [5.74, 6) is -1.11. The van der Waals surface area contributed by atoms with E-state index in [4.69, 9.17) is 5.11 Å². The molecule has 2 atom stereocenters. The second-order valence-corrected chi connectivity index (χ2v) is 11.2. The quantitative estimate of drug-likeness (QED) is 0.401. The summed E-state index contributed by atoms with van der Waals surface area (Å²) in [5, 5.41) is 20.7. The number of alkyl halides is 9. The molecule has 17 heteroatoms. The molecule has 0 spiro atoms. The third-order valence-electron chi connectivity index (χ3n) is 6.50. The fourth-order valence-corrected chi connectivity index (χ4v) is 6.01. The van der Waals surface area contributed by atoms with E-state index >= 15 is 0 Å². The Morgan fingerprint density at radius 2 is 1.56 bits per heavy atom. The minimum Gasteiger partial charge on any atom is -0.382 e. The van der Waals surface area contributed by atoms with Crippen LogP contribution in [-0.4, -0.2) is 61.8 Å². The molecule has 1 aliphatic heterocycles. The molecule has 3 N–H and O–H groups in total. The van der Waals surface area contributed by atoms with Gasteiger partial charge in [-0.2, -0.15) is 39.5 Å². The maximum Gasteiger partial charge on any atom is 0.430 e. The topological polar surface area (TPSA) is 107 Å². The van der Waals surface area contributed by atoms with Gasteiger partial charge < -0.3 is 15.5 Å². The van der Waals surface area contributed by atoms with Gasteiger partial charge in [0.1, 0.15) is 0 Å². The molecule has 3 rings (SSSR count). The van der Waals surface area contributed by atoms with Crippen LogP contribution in [0.15, 0.2) is 47.4 Å². The molecule has 1 aliphatic rings. The van der Waals surface area contributed by atoms with E-state index < -0.39 is 70.7 Å². The van der Waals surface area contributed by atoms with Gasteiger partial charge in [0.25, 0.3) is 15.6 Å². The van der Waals surface area contributed by atoms with E-state index in [1.165, 1.54) is 24.3 Å². The smallest absolute Gasteiger partial charge is 0.382 e. The van der Waals surface area contributed by atoms with E-state index in [-0.39, 0.29) is 35.1 Å². The predicted octanol–water partition coefficient (Wildman–Crippen LogP) is 4.25. The van der Waals surface area contributed by atoms with Crippen LogP contribution in [-0.2, 0) is 26.8 Å². The zero-order valence-electron chi connectivity index (χ0n) is 20.9. The van der Waals surface area contributed by atoms with Gasteiger partial charge in [-0.1, -0.05) is 29.8 Å². The lowest BCUT2D eigenvalue weighted by Crippen LogP contribution is -2.54. The van der Waals surface area contributed by atoms with Crippen molar-refractivity contribution in [1.82, 2.24) is 5.32 Å². The fourth-order valence-electron chi connectivity index (χ4n) is 4.30. The van der Waals surface area contributed by atoms with Gasteiger partial charge in [-0.15, -0.1) is 0 Å². The van der Waals surface area contributed by atoms with Crippen LogP contribution < -0.4 is 9.62 Å². The summed E-state index contributed by atoms with van der Waals surface area (Å²) >= 11 is 0. The van der Waals surface area contributed by atoms with Gasteiger partial charge in [-0.25, -0.2) is 8.42 Å². The minimum absolute atomic E-state index is 0.264. The molecule has 228 valence electrons. The van der Waals surface area contributed by atoms with Gasteiger partial charge in [0, 0.05) is 12.0 Å². The molecule has 41 heavy (non-hydrogen) atoms. The van der Waals surface area contributed by atoms with Crippen molar-refractivity contribution in [2.24, 2.45) is 0 Å².